The summed E-state index contributed by atoms with van der Waals surface area (Å²) in [6, 6.07) is 11.8. The van der Waals surface area contributed by atoms with E-state index in [-0.39, 0.29) is 17.6 Å². The van der Waals surface area contributed by atoms with E-state index in [9.17, 15) is 19.5 Å². The number of carbonyl (C=O) groups excluding carboxylic acids is 2. The van der Waals surface area contributed by atoms with E-state index in [2.05, 4.69) is 43.2 Å². The third kappa shape index (κ3) is 9.73. The first-order valence-corrected chi connectivity index (χ1v) is 19.9. The van der Waals surface area contributed by atoms with Gasteiger partial charge in [-0.05, 0) is 78.7 Å². The van der Waals surface area contributed by atoms with Gasteiger partial charge in [0.15, 0.2) is 11.9 Å². The first-order chi connectivity index (χ1) is 25.5. The number of benzene rings is 1. The normalized spacial score (nSPS) is 19.4. The Morgan fingerprint density at radius 3 is 2.19 bits per heavy atom. The molecule has 0 bridgehead atoms. The van der Waals surface area contributed by atoms with E-state index in [1.54, 1.807) is 12.1 Å². The average molecular weight is 740 g/mol. The Labute approximate surface area is 316 Å². The molecule has 2 aliphatic rings. The Balaban J connectivity index is 1.09. The van der Waals surface area contributed by atoms with Crippen molar-refractivity contribution in [1.82, 2.24) is 20.6 Å². The van der Waals surface area contributed by atoms with Gasteiger partial charge in [-0.25, -0.2) is 14.8 Å². The van der Waals surface area contributed by atoms with Crippen LogP contribution >= 0.6 is 11.3 Å². The molecular weight excluding hydrogens is 687 g/mol. The van der Waals surface area contributed by atoms with Crippen molar-refractivity contribution in [2.75, 3.05) is 18.0 Å². The Morgan fingerprint density at radius 1 is 0.925 bits per heavy atom. The van der Waals surface area contributed by atoms with Crippen LogP contribution in [0.2, 0.25) is 0 Å². The highest BCUT2D eigenvalue weighted by Crippen LogP contribution is 2.40. The summed E-state index contributed by atoms with van der Waals surface area (Å²) < 4.78 is 5.28. The largest absolute Gasteiger partial charge is 0.479 e. The van der Waals surface area contributed by atoms with Gasteiger partial charge in [-0.3, -0.25) is 9.59 Å². The van der Waals surface area contributed by atoms with Crippen molar-refractivity contribution in [2.24, 2.45) is 17.8 Å². The van der Waals surface area contributed by atoms with Crippen LogP contribution in [-0.4, -0.2) is 52.0 Å². The Morgan fingerprint density at radius 2 is 1.60 bits per heavy atom. The molecule has 282 valence electrons. The maximum Gasteiger partial charge on any atom is 0.334 e. The maximum atomic E-state index is 13.6. The quantitative estimate of drug-likeness (QED) is 0.125. The Bertz CT molecular complexity index is 1800. The number of amides is 2. The molecule has 2 amide bonds. The van der Waals surface area contributed by atoms with Crippen molar-refractivity contribution in [3.8, 4) is 11.4 Å². The lowest BCUT2D eigenvalue weighted by Crippen LogP contribution is -2.49. The highest BCUT2D eigenvalue weighted by molar-refractivity contribution is 7.14. The van der Waals surface area contributed by atoms with Crippen molar-refractivity contribution in [3.05, 3.63) is 88.3 Å². The molecule has 53 heavy (non-hydrogen) atoms. The van der Waals surface area contributed by atoms with Crippen LogP contribution in [0.4, 0.5) is 5.69 Å². The fraction of sp³-hybridized carbons (Fsp3) is 0.500. The molecule has 11 heteroatoms. The number of anilines is 1. The van der Waals surface area contributed by atoms with Crippen LogP contribution in [0.3, 0.4) is 0 Å². The number of hydrogen-bond acceptors (Lipinski definition) is 8. The van der Waals surface area contributed by atoms with Crippen molar-refractivity contribution < 1.29 is 23.9 Å². The van der Waals surface area contributed by atoms with Gasteiger partial charge < -0.3 is 25.1 Å². The van der Waals surface area contributed by atoms with Crippen LogP contribution in [0, 0.1) is 17.8 Å². The summed E-state index contributed by atoms with van der Waals surface area (Å²) in [5.41, 5.74) is 2.53. The zero-order valence-electron chi connectivity index (χ0n) is 31.3. The third-order valence-corrected chi connectivity index (χ3v) is 12.5. The molecule has 2 fully saturated rings. The molecular formula is C42H53N5O5S. The number of carboxylic acid groups (broad SMARTS) is 1. The van der Waals surface area contributed by atoms with E-state index >= 15 is 0 Å². The van der Waals surface area contributed by atoms with Crippen LogP contribution in [0.5, 0.6) is 0 Å². The SMILES string of the molecule is CCC[C@H]1CC[C@H](C2CCN(c3cnc(-c4ccc(C[C@H](NC(=O)c5ccc(C(C)(C)C)s5)C(=O)NC(C(=O)O)c5ccco5)cc4)nc3)CC2)CC1. The standard InChI is InChI=1S/C42H53N5O5S/c1-5-7-27-9-13-29(14-10-27)30-19-21-47(22-20-30)32-25-43-38(44-26-32)31-15-11-28(12-16-31)24-33(39(48)46-37(41(50)51)34-8-6-23-52-34)45-40(49)35-17-18-36(53-35)42(2,3)4/h6,8,11-12,15-18,23,25-27,29-30,33,37H,5,7,9-10,13-14,19-22,24H2,1-4H3,(H,45,49)(H,46,48)(H,50,51)/t27-,29-,33-,37?/m0/s1. The van der Waals surface area contributed by atoms with Gasteiger partial charge in [0.2, 0.25) is 5.91 Å². The first kappa shape index (κ1) is 38.2. The van der Waals surface area contributed by atoms with Crippen LogP contribution in [0.15, 0.2) is 71.6 Å². The topological polar surface area (TPSA) is 138 Å². The molecule has 0 spiro atoms. The van der Waals surface area contributed by atoms with Gasteiger partial charge in [0.1, 0.15) is 11.8 Å². The molecule has 4 heterocycles. The van der Waals surface area contributed by atoms with E-state index in [4.69, 9.17) is 14.4 Å². The van der Waals surface area contributed by atoms with Gasteiger partial charge in [-0.1, -0.05) is 77.6 Å². The van der Waals surface area contributed by atoms with E-state index < -0.39 is 29.9 Å². The minimum absolute atomic E-state index is 0.0868. The zero-order chi connectivity index (χ0) is 37.5. The summed E-state index contributed by atoms with van der Waals surface area (Å²) in [6.45, 7) is 10.6. The summed E-state index contributed by atoms with van der Waals surface area (Å²) in [4.78, 5) is 52.4. The van der Waals surface area contributed by atoms with Gasteiger partial charge in [0.05, 0.1) is 29.2 Å². The number of carbonyl (C=O) groups is 3. The number of nitrogens with one attached hydrogen (secondary N) is 2. The molecule has 1 aliphatic heterocycles. The lowest BCUT2D eigenvalue weighted by molar-refractivity contribution is -0.142. The molecule has 10 nitrogen and oxygen atoms in total. The van der Waals surface area contributed by atoms with Crippen molar-refractivity contribution in [2.45, 2.75) is 103 Å². The van der Waals surface area contributed by atoms with Crippen LogP contribution in [0.1, 0.15) is 111 Å². The van der Waals surface area contributed by atoms with Gasteiger partial charge >= 0.3 is 5.97 Å². The number of rotatable bonds is 13. The summed E-state index contributed by atoms with van der Waals surface area (Å²) in [6.07, 6.45) is 16.1. The minimum atomic E-state index is -1.41. The van der Waals surface area contributed by atoms with Gasteiger partial charge in [-0.2, -0.15) is 0 Å². The molecule has 1 saturated heterocycles. The summed E-state index contributed by atoms with van der Waals surface area (Å²) in [5, 5.41) is 15.2. The summed E-state index contributed by atoms with van der Waals surface area (Å²) in [5.74, 6) is 1.05. The van der Waals surface area contributed by atoms with Crippen LogP contribution in [-0.2, 0) is 21.4 Å². The predicted octanol–water partition coefficient (Wildman–Crippen LogP) is 8.20. The van der Waals surface area contributed by atoms with Crippen molar-refractivity contribution in [1.29, 1.82) is 0 Å². The monoisotopic (exact) mass is 739 g/mol. The molecule has 1 aromatic carbocycles. The maximum absolute atomic E-state index is 13.6. The molecule has 1 unspecified atom stereocenters. The predicted molar refractivity (Wildman–Crippen MR) is 208 cm³/mol. The van der Waals surface area contributed by atoms with Crippen LogP contribution in [0.25, 0.3) is 11.4 Å². The second-order valence-corrected chi connectivity index (χ2v) is 16.9. The molecule has 3 aromatic heterocycles. The van der Waals surface area contributed by atoms with Crippen LogP contribution < -0.4 is 15.5 Å². The van der Waals surface area contributed by atoms with Crippen molar-refractivity contribution >= 4 is 34.8 Å². The van der Waals surface area contributed by atoms with Gasteiger partial charge in [0.25, 0.3) is 5.91 Å². The second kappa shape index (κ2) is 17.1. The van der Waals surface area contributed by atoms with E-state index in [0.29, 0.717) is 10.7 Å². The number of nitrogens with zero attached hydrogens (tertiary/aromatic N) is 3. The van der Waals surface area contributed by atoms with E-state index in [0.717, 1.165) is 52.5 Å². The molecule has 4 aromatic rings. The lowest BCUT2D eigenvalue weighted by Gasteiger charge is -2.39. The number of aliphatic carboxylic acids is 1. The molecule has 6 rings (SSSR count). The number of furan rings is 1. The number of thiophene rings is 1. The molecule has 0 radical (unpaired) electrons. The number of aromatic nitrogens is 2. The van der Waals surface area contributed by atoms with Gasteiger partial charge in [-0.15, -0.1) is 11.3 Å². The third-order valence-electron chi connectivity index (χ3n) is 11.0. The molecule has 2 atom stereocenters. The fourth-order valence-electron chi connectivity index (χ4n) is 7.90. The summed E-state index contributed by atoms with van der Waals surface area (Å²) >= 11 is 1.37. The average Bonchev–Trinajstić information content (AvgIpc) is 3.89. The van der Waals surface area contributed by atoms with E-state index in [1.165, 1.54) is 75.0 Å². The molecule has 3 N–H and O–H groups in total. The zero-order valence-corrected chi connectivity index (χ0v) is 32.2. The Kier molecular flexibility index (Phi) is 12.3. The summed E-state index contributed by atoms with van der Waals surface area (Å²) in [7, 11) is 0. The Hall–Kier alpha value is -4.51. The number of hydrogen-bond donors (Lipinski definition) is 3. The fourth-order valence-corrected chi connectivity index (χ4v) is 8.87. The highest BCUT2D eigenvalue weighted by Gasteiger charge is 2.32. The number of piperidine rings is 1. The van der Waals surface area contributed by atoms with Gasteiger partial charge in [0, 0.05) is 30.0 Å². The highest BCUT2D eigenvalue weighted by atomic mass is 32.1. The minimum Gasteiger partial charge on any atom is -0.479 e. The smallest absolute Gasteiger partial charge is 0.334 e. The van der Waals surface area contributed by atoms with E-state index in [1.807, 2.05) is 42.7 Å². The molecule has 1 saturated carbocycles. The first-order valence-electron chi connectivity index (χ1n) is 19.1. The lowest BCUT2D eigenvalue weighted by atomic mass is 9.72. The second-order valence-electron chi connectivity index (χ2n) is 15.8. The van der Waals surface area contributed by atoms with Crippen molar-refractivity contribution in [3.63, 3.8) is 0 Å². The molecule has 1 aliphatic carbocycles. The number of carboxylic acids is 1.